The lowest BCUT2D eigenvalue weighted by atomic mass is 9.93. The van der Waals surface area contributed by atoms with Crippen LogP contribution in [-0.2, 0) is 21.2 Å². The second-order valence-corrected chi connectivity index (χ2v) is 13.5. The zero-order valence-electron chi connectivity index (χ0n) is 23.9. The van der Waals surface area contributed by atoms with Crippen molar-refractivity contribution in [2.24, 2.45) is 5.92 Å². The number of benzene rings is 2. The van der Waals surface area contributed by atoms with Gasteiger partial charge in [-0.3, -0.25) is 9.59 Å². The quantitative estimate of drug-likeness (QED) is 0.288. The Kier molecular flexibility index (Phi) is 6.77. The summed E-state index contributed by atoms with van der Waals surface area (Å²) in [6.45, 7) is 2.56. The number of fused-ring (bicyclic) bond motifs is 2. The summed E-state index contributed by atoms with van der Waals surface area (Å²) in [5.41, 5.74) is -1.00. The molecule has 234 valence electrons. The fourth-order valence-corrected chi connectivity index (χ4v) is 6.73. The molecule has 2 amide bonds. The van der Waals surface area contributed by atoms with Gasteiger partial charge in [-0.25, -0.2) is 18.6 Å². The lowest BCUT2D eigenvalue weighted by Gasteiger charge is -2.35. The molecule has 3 atom stereocenters. The fraction of sp³-hybridized carbons (Fsp3) is 0.355. The highest BCUT2D eigenvalue weighted by Crippen LogP contribution is 2.48. The van der Waals surface area contributed by atoms with Gasteiger partial charge in [0.2, 0.25) is 5.91 Å². The summed E-state index contributed by atoms with van der Waals surface area (Å²) >= 11 is 0. The molecule has 9 nitrogen and oxygen atoms in total. The van der Waals surface area contributed by atoms with Gasteiger partial charge in [-0.1, -0.05) is 30.3 Å². The monoisotopic (exact) mass is 641 g/mol. The molecule has 0 radical (unpaired) electrons. The summed E-state index contributed by atoms with van der Waals surface area (Å²) in [6.07, 6.45) is 2.69. The highest BCUT2D eigenvalue weighted by atomic mass is 32.2. The number of halogens is 4. The topological polar surface area (TPSA) is 114 Å². The van der Waals surface area contributed by atoms with Crippen molar-refractivity contribution < 1.29 is 35.6 Å². The molecule has 1 aliphatic heterocycles. The fourth-order valence-electron chi connectivity index (χ4n) is 6.19. The van der Waals surface area contributed by atoms with Gasteiger partial charge in [-0.05, 0) is 73.4 Å². The Morgan fingerprint density at radius 2 is 1.80 bits per heavy atom. The SMILES string of the molecule is C[C@@H]1c2ccccc2CCN1C(=O)c1cc(C2CC2)n2nc(-c3ccc([C@H]4C[C@@H]4C(=O)NS(=O)(=O)C(F)(F)F)cc3F)cc2n1. The van der Waals surface area contributed by atoms with E-state index in [-0.39, 0.29) is 35.5 Å². The Hall–Kier alpha value is -4.33. The van der Waals surface area contributed by atoms with Crippen LogP contribution in [0.15, 0.2) is 54.6 Å². The average Bonchev–Trinajstić information content (AvgIpc) is 3.92. The van der Waals surface area contributed by atoms with Crippen molar-refractivity contribution in [1.29, 1.82) is 0 Å². The van der Waals surface area contributed by atoms with E-state index in [4.69, 9.17) is 0 Å². The standard InChI is InChI=1S/C31H27F4N5O4S/c1-16-20-5-3-2-4-17(20)10-11-39(16)30(42)26-14-27(18-6-7-18)40-28(36-26)15-25(37-40)21-9-8-19(12-24(21)32)22-13-23(22)29(41)38-45(43,44)31(33,34)35/h2-5,8-9,12,14-16,18,22-23H,6-7,10-11,13H2,1H3,(H,38,41)/t16-,22-,23+/m1/s1. The Labute approximate surface area is 255 Å². The van der Waals surface area contributed by atoms with E-state index in [1.807, 2.05) is 30.0 Å². The van der Waals surface area contributed by atoms with Crippen molar-refractivity contribution in [3.8, 4) is 11.3 Å². The molecule has 7 rings (SSSR count). The maximum atomic E-state index is 15.4. The van der Waals surface area contributed by atoms with E-state index >= 15 is 4.39 Å². The predicted molar refractivity (Wildman–Crippen MR) is 154 cm³/mol. The maximum absolute atomic E-state index is 15.4. The van der Waals surface area contributed by atoms with E-state index in [0.717, 1.165) is 35.2 Å². The molecule has 0 spiro atoms. The van der Waals surface area contributed by atoms with Gasteiger partial charge in [0.05, 0.1) is 11.7 Å². The summed E-state index contributed by atoms with van der Waals surface area (Å²) < 4.78 is 78.6. The van der Waals surface area contributed by atoms with Gasteiger partial charge in [0.1, 0.15) is 11.5 Å². The van der Waals surface area contributed by atoms with Crippen molar-refractivity contribution in [3.63, 3.8) is 0 Å². The highest BCUT2D eigenvalue weighted by molar-refractivity contribution is 7.90. The van der Waals surface area contributed by atoms with Crippen LogP contribution < -0.4 is 4.72 Å². The first-order valence-corrected chi connectivity index (χ1v) is 16.0. The number of amides is 2. The smallest absolute Gasteiger partial charge is 0.330 e. The van der Waals surface area contributed by atoms with E-state index in [2.05, 4.69) is 16.1 Å². The second kappa shape index (κ2) is 10.4. The zero-order chi connectivity index (χ0) is 31.8. The summed E-state index contributed by atoms with van der Waals surface area (Å²) in [4.78, 5) is 32.3. The van der Waals surface area contributed by atoms with Crippen LogP contribution in [0, 0.1) is 11.7 Å². The third-order valence-electron chi connectivity index (χ3n) is 8.89. The minimum absolute atomic E-state index is 0.0824. The molecule has 14 heteroatoms. The molecule has 2 fully saturated rings. The number of sulfonamides is 1. The molecule has 3 aliphatic rings. The minimum Gasteiger partial charge on any atom is -0.330 e. The number of carbonyl (C=O) groups is 2. The van der Waals surface area contributed by atoms with E-state index in [9.17, 15) is 31.2 Å². The number of nitrogens with one attached hydrogen (secondary N) is 1. The molecular weight excluding hydrogens is 614 g/mol. The molecule has 2 aromatic carbocycles. The molecular formula is C31H27F4N5O4S. The van der Waals surface area contributed by atoms with Gasteiger partial charge in [0.15, 0.2) is 5.65 Å². The number of rotatable bonds is 6. The molecule has 4 aromatic rings. The van der Waals surface area contributed by atoms with Gasteiger partial charge >= 0.3 is 15.5 Å². The van der Waals surface area contributed by atoms with Gasteiger partial charge in [0.25, 0.3) is 5.91 Å². The summed E-state index contributed by atoms with van der Waals surface area (Å²) in [7, 11) is -5.82. The van der Waals surface area contributed by atoms with Crippen LogP contribution in [0.3, 0.4) is 0 Å². The molecule has 45 heavy (non-hydrogen) atoms. The van der Waals surface area contributed by atoms with Gasteiger partial charge in [0, 0.05) is 35.7 Å². The molecule has 2 aliphatic carbocycles. The highest BCUT2D eigenvalue weighted by Gasteiger charge is 2.51. The molecule has 2 aromatic heterocycles. The Bertz CT molecular complexity index is 1990. The van der Waals surface area contributed by atoms with E-state index in [1.54, 1.807) is 22.7 Å². The number of alkyl halides is 3. The van der Waals surface area contributed by atoms with Crippen LogP contribution in [0.25, 0.3) is 16.9 Å². The largest absolute Gasteiger partial charge is 0.516 e. The number of hydrogen-bond donors (Lipinski definition) is 1. The molecule has 1 N–H and O–H groups in total. The third kappa shape index (κ3) is 5.24. The van der Waals surface area contributed by atoms with Crippen molar-refractivity contribution in [1.82, 2.24) is 24.2 Å². The number of carbonyl (C=O) groups excluding carboxylic acids is 2. The molecule has 0 bridgehead atoms. The van der Waals surface area contributed by atoms with E-state index < -0.39 is 39.1 Å². The summed E-state index contributed by atoms with van der Waals surface area (Å²) in [6, 6.07) is 15.5. The van der Waals surface area contributed by atoms with Crippen molar-refractivity contribution >= 4 is 27.5 Å². The van der Waals surface area contributed by atoms with Gasteiger partial charge in [-0.15, -0.1) is 0 Å². The Balaban J connectivity index is 1.14. The van der Waals surface area contributed by atoms with Crippen LogP contribution in [0.4, 0.5) is 17.6 Å². The van der Waals surface area contributed by atoms with Gasteiger partial charge in [-0.2, -0.15) is 26.7 Å². The minimum atomic E-state index is -5.82. The van der Waals surface area contributed by atoms with Crippen LogP contribution in [0.1, 0.15) is 76.9 Å². The lowest BCUT2D eigenvalue weighted by molar-refractivity contribution is -0.121. The molecule has 0 saturated heterocycles. The van der Waals surface area contributed by atoms with Gasteiger partial charge < -0.3 is 4.90 Å². The predicted octanol–water partition coefficient (Wildman–Crippen LogP) is 5.24. The van der Waals surface area contributed by atoms with Crippen molar-refractivity contribution in [2.45, 2.75) is 56.0 Å². The first kappa shape index (κ1) is 29.4. The Morgan fingerprint density at radius 3 is 2.51 bits per heavy atom. The number of aromatic nitrogens is 3. The normalized spacial score (nSPS) is 21.4. The molecule has 3 heterocycles. The first-order valence-electron chi connectivity index (χ1n) is 14.5. The number of nitrogens with zero attached hydrogens (tertiary/aromatic N) is 4. The molecule has 2 saturated carbocycles. The number of hydrogen-bond acceptors (Lipinski definition) is 6. The van der Waals surface area contributed by atoms with Crippen LogP contribution in [0.2, 0.25) is 0 Å². The lowest BCUT2D eigenvalue weighted by Crippen LogP contribution is -2.41. The van der Waals surface area contributed by atoms with E-state index in [1.165, 1.54) is 17.7 Å². The summed E-state index contributed by atoms with van der Waals surface area (Å²) in [5, 5.41) is 4.61. The van der Waals surface area contributed by atoms with Crippen LogP contribution in [-0.4, -0.2) is 51.8 Å². The summed E-state index contributed by atoms with van der Waals surface area (Å²) in [5.74, 6) is -3.60. The van der Waals surface area contributed by atoms with E-state index in [0.29, 0.717) is 23.4 Å². The third-order valence-corrected chi connectivity index (χ3v) is 9.97. The zero-order valence-corrected chi connectivity index (χ0v) is 24.7. The molecule has 0 unspecified atom stereocenters. The van der Waals surface area contributed by atoms with Crippen molar-refractivity contribution in [2.75, 3.05) is 6.54 Å². The second-order valence-electron chi connectivity index (χ2n) is 11.9. The average molecular weight is 642 g/mol. The maximum Gasteiger partial charge on any atom is 0.516 e. The Morgan fingerprint density at radius 1 is 1.04 bits per heavy atom. The van der Waals surface area contributed by atoms with Crippen LogP contribution in [0.5, 0.6) is 0 Å². The van der Waals surface area contributed by atoms with Crippen LogP contribution >= 0.6 is 0 Å². The first-order chi connectivity index (χ1) is 21.3. The van der Waals surface area contributed by atoms with Crippen molar-refractivity contribution in [3.05, 3.63) is 88.5 Å².